The van der Waals surface area contributed by atoms with Gasteiger partial charge in [0.05, 0.1) is 30.2 Å². The number of esters is 2. The molecule has 0 saturated carbocycles. The van der Waals surface area contributed by atoms with Crippen LogP contribution < -0.4 is 5.32 Å². The molecule has 9 nitrogen and oxygen atoms in total. The molecule has 0 unspecified atom stereocenters. The van der Waals surface area contributed by atoms with Gasteiger partial charge in [0, 0.05) is 11.4 Å². The predicted molar refractivity (Wildman–Crippen MR) is 123 cm³/mol. The zero-order valence-corrected chi connectivity index (χ0v) is 19.7. The number of benzene rings is 1. The van der Waals surface area contributed by atoms with Gasteiger partial charge in [-0.15, -0.1) is 11.3 Å². The van der Waals surface area contributed by atoms with E-state index in [1.54, 1.807) is 24.3 Å². The van der Waals surface area contributed by atoms with Gasteiger partial charge in [-0.05, 0) is 42.9 Å². The Kier molecular flexibility index (Phi) is 6.78. The second-order valence-corrected chi connectivity index (χ2v) is 9.42. The molecular formula is C24H24N2O7S. The zero-order valence-electron chi connectivity index (χ0n) is 18.8. The minimum atomic E-state index is -0.723. The molecule has 34 heavy (non-hydrogen) atoms. The quantitative estimate of drug-likeness (QED) is 0.474. The van der Waals surface area contributed by atoms with Crippen LogP contribution in [0, 0.1) is 5.92 Å². The third-order valence-electron chi connectivity index (χ3n) is 5.94. The number of ether oxygens (including phenoxy) is 2. The lowest BCUT2D eigenvalue weighted by atomic mass is 9.88. The van der Waals surface area contributed by atoms with E-state index in [-0.39, 0.29) is 13.0 Å². The van der Waals surface area contributed by atoms with Crippen LogP contribution in [0.2, 0.25) is 0 Å². The molecule has 1 aliphatic heterocycles. The Morgan fingerprint density at radius 2 is 1.82 bits per heavy atom. The van der Waals surface area contributed by atoms with Crippen molar-refractivity contribution in [3.63, 3.8) is 0 Å². The number of anilines is 1. The first kappa shape index (κ1) is 23.6. The highest BCUT2D eigenvalue weighted by molar-refractivity contribution is 7.17. The van der Waals surface area contributed by atoms with Crippen LogP contribution in [0.25, 0.3) is 0 Å². The van der Waals surface area contributed by atoms with E-state index in [9.17, 15) is 24.0 Å². The van der Waals surface area contributed by atoms with Gasteiger partial charge in [0.15, 0.2) is 6.61 Å². The molecule has 1 N–H and O–H groups in total. The zero-order chi connectivity index (χ0) is 24.4. The molecule has 1 aromatic heterocycles. The monoisotopic (exact) mass is 484 g/mol. The predicted octanol–water partition coefficient (Wildman–Crippen LogP) is 2.83. The normalized spacial score (nSPS) is 16.6. The number of hydrogen-bond acceptors (Lipinski definition) is 8. The number of nitrogens with one attached hydrogen (secondary N) is 1. The lowest BCUT2D eigenvalue weighted by Crippen LogP contribution is -2.32. The molecule has 0 saturated heterocycles. The Labute approximate surface area is 200 Å². The molecule has 0 spiro atoms. The first-order chi connectivity index (χ1) is 16.3. The first-order valence-electron chi connectivity index (χ1n) is 10.9. The number of amides is 3. The van der Waals surface area contributed by atoms with E-state index >= 15 is 0 Å². The maximum absolute atomic E-state index is 12.4. The van der Waals surface area contributed by atoms with E-state index in [0.29, 0.717) is 27.6 Å². The van der Waals surface area contributed by atoms with Gasteiger partial charge in [0.2, 0.25) is 0 Å². The van der Waals surface area contributed by atoms with Gasteiger partial charge in [-0.3, -0.25) is 24.1 Å². The van der Waals surface area contributed by atoms with Crippen molar-refractivity contribution in [2.45, 2.75) is 32.6 Å². The van der Waals surface area contributed by atoms with E-state index < -0.39 is 36.3 Å². The highest BCUT2D eigenvalue weighted by Gasteiger charge is 2.35. The molecule has 2 aromatic rings. The van der Waals surface area contributed by atoms with Gasteiger partial charge in [-0.2, -0.15) is 0 Å². The SMILES string of the molecule is COC(=O)c1c(NC(=O)COC(=O)CCN2C(=O)c3ccccc3C2=O)sc2c1CC[C@@H](C)C2. The van der Waals surface area contributed by atoms with Gasteiger partial charge in [-0.1, -0.05) is 19.1 Å². The van der Waals surface area contributed by atoms with Crippen molar-refractivity contribution in [2.24, 2.45) is 5.92 Å². The summed E-state index contributed by atoms with van der Waals surface area (Å²) in [7, 11) is 1.29. The number of nitrogens with zero attached hydrogens (tertiary/aromatic N) is 1. The van der Waals surface area contributed by atoms with Gasteiger partial charge in [0.1, 0.15) is 5.00 Å². The van der Waals surface area contributed by atoms with Crippen molar-refractivity contribution in [2.75, 3.05) is 25.6 Å². The largest absolute Gasteiger partial charge is 0.465 e. The fraction of sp³-hybridized carbons (Fsp3) is 0.375. The number of carbonyl (C=O) groups is 5. The summed E-state index contributed by atoms with van der Waals surface area (Å²) < 4.78 is 9.92. The minimum Gasteiger partial charge on any atom is -0.465 e. The summed E-state index contributed by atoms with van der Waals surface area (Å²) >= 11 is 1.34. The van der Waals surface area contributed by atoms with Gasteiger partial charge in [0.25, 0.3) is 17.7 Å². The average Bonchev–Trinajstić information content (AvgIpc) is 3.29. The molecule has 3 amide bonds. The lowest BCUT2D eigenvalue weighted by Gasteiger charge is -2.18. The summed E-state index contributed by atoms with van der Waals surface area (Å²) in [6, 6.07) is 6.45. The van der Waals surface area contributed by atoms with E-state index in [4.69, 9.17) is 9.47 Å². The number of methoxy groups -OCH3 is 1. The van der Waals surface area contributed by atoms with Gasteiger partial charge < -0.3 is 14.8 Å². The number of fused-ring (bicyclic) bond motifs is 2. The highest BCUT2D eigenvalue weighted by Crippen LogP contribution is 2.40. The molecule has 1 aliphatic carbocycles. The summed E-state index contributed by atoms with van der Waals surface area (Å²) in [6.45, 7) is 1.44. The van der Waals surface area contributed by atoms with Gasteiger partial charge in [-0.25, -0.2) is 4.79 Å². The standard InChI is InChI=1S/C24H24N2O7S/c1-13-7-8-16-17(11-13)34-21(20(16)24(31)32-2)25-18(27)12-33-19(28)9-10-26-22(29)14-5-3-4-6-15(14)23(26)30/h3-6,13H,7-12H2,1-2H3,(H,25,27)/t13-/m1/s1. The minimum absolute atomic E-state index is 0.144. The van der Waals surface area contributed by atoms with Crippen LogP contribution in [0.1, 0.15) is 61.3 Å². The van der Waals surface area contributed by atoms with Crippen LogP contribution in [-0.2, 0) is 31.9 Å². The third kappa shape index (κ3) is 4.58. The molecule has 10 heteroatoms. The Morgan fingerprint density at radius 1 is 1.15 bits per heavy atom. The second-order valence-electron chi connectivity index (χ2n) is 8.31. The number of thiophene rings is 1. The molecule has 4 rings (SSSR count). The second kappa shape index (κ2) is 9.76. The average molecular weight is 485 g/mol. The first-order valence-corrected chi connectivity index (χ1v) is 11.7. The van der Waals surface area contributed by atoms with Crippen molar-refractivity contribution in [1.82, 2.24) is 4.90 Å². The molecule has 0 fully saturated rings. The van der Waals surface area contributed by atoms with Crippen LogP contribution >= 0.6 is 11.3 Å². The Morgan fingerprint density at radius 3 is 2.47 bits per heavy atom. The molecule has 1 atom stereocenters. The van der Waals surface area contributed by atoms with Crippen molar-refractivity contribution in [3.05, 3.63) is 51.4 Å². The van der Waals surface area contributed by atoms with Gasteiger partial charge >= 0.3 is 11.9 Å². The number of hydrogen-bond donors (Lipinski definition) is 1. The van der Waals surface area contributed by atoms with Crippen LogP contribution in [0.4, 0.5) is 5.00 Å². The maximum Gasteiger partial charge on any atom is 0.341 e. The van der Waals surface area contributed by atoms with Crippen molar-refractivity contribution in [1.29, 1.82) is 0 Å². The molecule has 0 radical (unpaired) electrons. The summed E-state index contributed by atoms with van der Waals surface area (Å²) in [5.41, 5.74) is 1.87. The molecule has 0 bridgehead atoms. The highest BCUT2D eigenvalue weighted by atomic mass is 32.1. The molecular weight excluding hydrogens is 460 g/mol. The van der Waals surface area contributed by atoms with Crippen LogP contribution in [0.3, 0.4) is 0 Å². The topological polar surface area (TPSA) is 119 Å². The fourth-order valence-electron chi connectivity index (χ4n) is 4.18. The van der Waals surface area contributed by atoms with E-state index in [2.05, 4.69) is 12.2 Å². The number of rotatable bonds is 7. The molecule has 1 aromatic carbocycles. The van der Waals surface area contributed by atoms with E-state index in [0.717, 1.165) is 34.6 Å². The van der Waals surface area contributed by atoms with E-state index in [1.807, 2.05) is 0 Å². The van der Waals surface area contributed by atoms with Crippen molar-refractivity contribution in [3.8, 4) is 0 Å². The maximum atomic E-state index is 12.4. The lowest BCUT2D eigenvalue weighted by molar-refractivity contribution is -0.147. The van der Waals surface area contributed by atoms with Crippen molar-refractivity contribution < 1.29 is 33.4 Å². The van der Waals surface area contributed by atoms with Crippen molar-refractivity contribution >= 4 is 46.0 Å². The van der Waals surface area contributed by atoms with Crippen LogP contribution in [-0.4, -0.2) is 54.8 Å². The molecule has 2 aliphatic rings. The fourth-order valence-corrected chi connectivity index (χ4v) is 5.60. The smallest absolute Gasteiger partial charge is 0.341 e. The van der Waals surface area contributed by atoms with E-state index in [1.165, 1.54) is 18.4 Å². The summed E-state index contributed by atoms with van der Waals surface area (Å²) in [4.78, 5) is 63.6. The summed E-state index contributed by atoms with van der Waals surface area (Å²) in [6.07, 6.45) is 2.27. The van der Waals surface area contributed by atoms with Crippen LogP contribution in [0.15, 0.2) is 24.3 Å². The molecule has 178 valence electrons. The number of carbonyl (C=O) groups excluding carboxylic acids is 5. The Balaban J connectivity index is 1.32. The Bertz CT molecular complexity index is 1150. The number of imide groups is 1. The summed E-state index contributed by atoms with van der Waals surface area (Å²) in [5.74, 6) is -2.26. The van der Waals surface area contributed by atoms with Crippen LogP contribution in [0.5, 0.6) is 0 Å². The third-order valence-corrected chi connectivity index (χ3v) is 7.11. The summed E-state index contributed by atoms with van der Waals surface area (Å²) in [5, 5.41) is 3.05. The molecule has 2 heterocycles. The Hall–Kier alpha value is -3.53.